The van der Waals surface area contributed by atoms with Gasteiger partial charge in [0.25, 0.3) is 5.91 Å². The van der Waals surface area contributed by atoms with Crippen LogP contribution in [0.15, 0.2) is 6.07 Å². The molecule has 0 aliphatic heterocycles. The molecule has 0 unspecified atom stereocenters. The zero-order valence-corrected chi connectivity index (χ0v) is 16.0. The molecule has 0 saturated heterocycles. The molecule has 2 aliphatic carbocycles. The van der Waals surface area contributed by atoms with Crippen molar-refractivity contribution in [3.05, 3.63) is 21.4 Å². The molecule has 0 spiro atoms. The van der Waals surface area contributed by atoms with Crippen LogP contribution >= 0.6 is 11.3 Å². The van der Waals surface area contributed by atoms with Crippen LogP contribution in [0, 0.1) is 11.8 Å². The van der Waals surface area contributed by atoms with Crippen LogP contribution in [0.25, 0.3) is 0 Å². The molecule has 3 N–H and O–H groups in total. The monoisotopic (exact) mass is 377 g/mol. The number of hydrogen-bond acceptors (Lipinski definition) is 4. The first-order valence-electron chi connectivity index (χ1n) is 9.53. The molecule has 1 aromatic rings. The van der Waals surface area contributed by atoms with E-state index in [9.17, 15) is 14.4 Å². The Morgan fingerprint density at radius 2 is 1.85 bits per heavy atom. The fraction of sp³-hybridized carbons (Fsp3) is 0.632. The summed E-state index contributed by atoms with van der Waals surface area (Å²) in [4.78, 5) is 37.7. The van der Waals surface area contributed by atoms with E-state index in [4.69, 9.17) is 0 Å². The smallest absolute Gasteiger partial charge is 0.279 e. The van der Waals surface area contributed by atoms with Crippen LogP contribution < -0.4 is 16.2 Å². The number of amides is 3. The third kappa shape index (κ3) is 5.06. The van der Waals surface area contributed by atoms with Gasteiger partial charge in [0, 0.05) is 23.8 Å². The lowest BCUT2D eigenvalue weighted by molar-refractivity contribution is -0.123. The maximum Gasteiger partial charge on any atom is 0.279 e. The van der Waals surface area contributed by atoms with E-state index in [0.29, 0.717) is 10.8 Å². The van der Waals surface area contributed by atoms with Gasteiger partial charge in [-0.1, -0.05) is 19.8 Å². The summed E-state index contributed by atoms with van der Waals surface area (Å²) in [6, 6.07) is 1.96. The van der Waals surface area contributed by atoms with Crippen LogP contribution in [-0.2, 0) is 22.4 Å². The molecule has 2 aliphatic rings. The van der Waals surface area contributed by atoms with Gasteiger partial charge in [0.05, 0.1) is 4.88 Å². The largest absolute Gasteiger partial charge is 0.355 e. The number of carbonyl (C=O) groups excluding carboxylic acids is 3. The Kier molecular flexibility index (Phi) is 6.29. The summed E-state index contributed by atoms with van der Waals surface area (Å²) < 4.78 is 0. The van der Waals surface area contributed by atoms with Gasteiger partial charge in [-0.05, 0) is 49.7 Å². The Labute approximate surface area is 158 Å². The highest BCUT2D eigenvalue weighted by atomic mass is 32.1. The van der Waals surface area contributed by atoms with Crippen molar-refractivity contribution in [3.8, 4) is 0 Å². The molecule has 0 aromatic carbocycles. The molecule has 1 fully saturated rings. The van der Waals surface area contributed by atoms with Crippen LogP contribution in [-0.4, -0.2) is 24.3 Å². The molecule has 3 rings (SSSR count). The number of rotatable bonds is 5. The third-order valence-corrected chi connectivity index (χ3v) is 6.37. The summed E-state index contributed by atoms with van der Waals surface area (Å²) >= 11 is 1.53. The number of nitrogens with one attached hydrogen (secondary N) is 3. The van der Waals surface area contributed by atoms with Gasteiger partial charge in [0.1, 0.15) is 0 Å². The van der Waals surface area contributed by atoms with E-state index in [1.807, 2.05) is 13.0 Å². The van der Waals surface area contributed by atoms with Crippen molar-refractivity contribution < 1.29 is 14.4 Å². The van der Waals surface area contributed by atoms with E-state index in [1.165, 1.54) is 47.5 Å². The topological polar surface area (TPSA) is 87.3 Å². The van der Waals surface area contributed by atoms with E-state index in [0.717, 1.165) is 19.3 Å². The van der Waals surface area contributed by atoms with Crippen molar-refractivity contribution in [3.63, 3.8) is 0 Å². The van der Waals surface area contributed by atoms with E-state index in [1.54, 1.807) is 0 Å². The number of hydrazine groups is 1. The Morgan fingerprint density at radius 1 is 1.12 bits per heavy atom. The molecule has 1 saturated carbocycles. The average molecular weight is 378 g/mol. The summed E-state index contributed by atoms with van der Waals surface area (Å²) in [5, 5.41) is 2.76. The predicted octanol–water partition coefficient (Wildman–Crippen LogP) is 2.33. The zero-order chi connectivity index (χ0) is 18.5. The Morgan fingerprint density at radius 3 is 2.58 bits per heavy atom. The molecular formula is C19H27N3O3S. The molecule has 1 heterocycles. The highest BCUT2D eigenvalue weighted by molar-refractivity contribution is 7.14. The molecule has 7 heteroatoms. The highest BCUT2D eigenvalue weighted by Gasteiger charge is 2.38. The highest BCUT2D eigenvalue weighted by Crippen LogP contribution is 2.37. The average Bonchev–Trinajstić information content (AvgIpc) is 3.21. The predicted molar refractivity (Wildman–Crippen MR) is 101 cm³/mol. The molecular weight excluding hydrogens is 350 g/mol. The molecule has 6 nitrogen and oxygen atoms in total. The van der Waals surface area contributed by atoms with Gasteiger partial charge in [-0.2, -0.15) is 0 Å². The second kappa shape index (κ2) is 8.66. The zero-order valence-electron chi connectivity index (χ0n) is 15.2. The minimum Gasteiger partial charge on any atom is -0.355 e. The standard InChI is InChI=1S/C19H27N3O3S/c1-12-10-14(12)18(24)20-9-8-17(23)21-22-19(25)16-11-13-6-4-2-3-5-7-15(13)26-16/h11-12,14H,2-10H2,1H3,(H,20,24)(H,21,23)(H,22,25)/t12-,14-/m1/s1. The number of fused-ring (bicyclic) bond motifs is 1. The van der Waals surface area contributed by atoms with Crippen LogP contribution in [0.3, 0.4) is 0 Å². The Balaban J connectivity index is 1.39. The maximum absolute atomic E-state index is 12.3. The van der Waals surface area contributed by atoms with Crippen molar-refractivity contribution in [1.82, 2.24) is 16.2 Å². The second-order valence-corrected chi connectivity index (χ2v) is 8.47. The first-order chi connectivity index (χ1) is 12.5. The lowest BCUT2D eigenvalue weighted by Gasteiger charge is -2.07. The van der Waals surface area contributed by atoms with Gasteiger partial charge in [-0.3, -0.25) is 25.2 Å². The van der Waals surface area contributed by atoms with Crippen LogP contribution in [0.5, 0.6) is 0 Å². The van der Waals surface area contributed by atoms with Crippen LogP contribution in [0.2, 0.25) is 0 Å². The molecule has 1 aromatic heterocycles. The molecule has 2 atom stereocenters. The lowest BCUT2D eigenvalue weighted by atomic mass is 10.00. The summed E-state index contributed by atoms with van der Waals surface area (Å²) in [6.07, 6.45) is 8.01. The first-order valence-corrected chi connectivity index (χ1v) is 10.3. The Hall–Kier alpha value is -1.89. The summed E-state index contributed by atoms with van der Waals surface area (Å²) in [7, 11) is 0. The molecule has 3 amide bonds. The van der Waals surface area contributed by atoms with Crippen molar-refractivity contribution in [2.75, 3.05) is 6.54 Å². The quantitative estimate of drug-likeness (QED) is 0.688. The van der Waals surface area contributed by atoms with E-state index in [2.05, 4.69) is 16.2 Å². The van der Waals surface area contributed by atoms with Gasteiger partial charge in [-0.25, -0.2) is 0 Å². The summed E-state index contributed by atoms with van der Waals surface area (Å²) in [5.74, 6) is -0.00181. The lowest BCUT2D eigenvalue weighted by Crippen LogP contribution is -2.42. The molecule has 0 bridgehead atoms. The SMILES string of the molecule is C[C@@H]1C[C@H]1C(=O)NCCC(=O)NNC(=O)c1cc2c(s1)CCCCCC2. The van der Waals surface area contributed by atoms with Crippen molar-refractivity contribution >= 4 is 29.1 Å². The van der Waals surface area contributed by atoms with Gasteiger partial charge in [0.2, 0.25) is 11.8 Å². The van der Waals surface area contributed by atoms with Gasteiger partial charge >= 0.3 is 0 Å². The van der Waals surface area contributed by atoms with Crippen molar-refractivity contribution in [2.45, 2.75) is 58.3 Å². The fourth-order valence-electron chi connectivity index (χ4n) is 3.32. The van der Waals surface area contributed by atoms with Gasteiger partial charge < -0.3 is 5.32 Å². The third-order valence-electron chi connectivity index (χ3n) is 5.13. The number of hydrogen-bond donors (Lipinski definition) is 3. The van der Waals surface area contributed by atoms with Crippen molar-refractivity contribution in [1.29, 1.82) is 0 Å². The minimum absolute atomic E-state index is 0.0188. The van der Waals surface area contributed by atoms with E-state index < -0.39 is 0 Å². The fourth-order valence-corrected chi connectivity index (χ4v) is 4.47. The number of thiophene rings is 1. The summed E-state index contributed by atoms with van der Waals surface area (Å²) in [5.41, 5.74) is 6.19. The van der Waals surface area contributed by atoms with Gasteiger partial charge in [-0.15, -0.1) is 11.3 Å². The normalized spacial score (nSPS) is 21.7. The van der Waals surface area contributed by atoms with Crippen LogP contribution in [0.1, 0.15) is 65.6 Å². The van der Waals surface area contributed by atoms with Crippen LogP contribution in [0.4, 0.5) is 0 Å². The minimum atomic E-state index is -0.308. The van der Waals surface area contributed by atoms with E-state index in [-0.39, 0.29) is 36.6 Å². The Bertz CT molecular complexity index is 660. The van der Waals surface area contributed by atoms with E-state index >= 15 is 0 Å². The molecule has 0 radical (unpaired) electrons. The maximum atomic E-state index is 12.3. The first kappa shape index (κ1) is 18.9. The summed E-state index contributed by atoms with van der Waals surface area (Å²) in [6.45, 7) is 2.33. The molecule has 26 heavy (non-hydrogen) atoms. The second-order valence-electron chi connectivity index (χ2n) is 7.34. The molecule has 142 valence electrons. The number of carbonyl (C=O) groups is 3. The number of aryl methyl sites for hydroxylation is 2. The van der Waals surface area contributed by atoms with Gasteiger partial charge in [0.15, 0.2) is 0 Å². The van der Waals surface area contributed by atoms with Crippen molar-refractivity contribution in [2.24, 2.45) is 11.8 Å².